The van der Waals surface area contributed by atoms with E-state index in [1.807, 2.05) is 12.3 Å². The van der Waals surface area contributed by atoms with Gasteiger partial charge in [-0.15, -0.1) is 22.7 Å². The van der Waals surface area contributed by atoms with Gasteiger partial charge < -0.3 is 5.11 Å². The summed E-state index contributed by atoms with van der Waals surface area (Å²) in [5.41, 5.74) is 1.60. The Labute approximate surface area is 111 Å². The molecule has 0 amide bonds. The summed E-state index contributed by atoms with van der Waals surface area (Å²) in [6, 6.07) is 0. The van der Waals surface area contributed by atoms with E-state index >= 15 is 0 Å². The maximum Gasteiger partial charge on any atom is 0.347 e. The standard InChI is InChI=1S/C10H10N2O2S3/c1-5-8(9(13)14)17-10(11-5)16-4-7-3-15-6(2)12-7/h3H,4H2,1-2H3,(H,13,14). The topological polar surface area (TPSA) is 63.1 Å². The Morgan fingerprint density at radius 3 is 2.76 bits per heavy atom. The summed E-state index contributed by atoms with van der Waals surface area (Å²) in [5.74, 6) is -0.174. The van der Waals surface area contributed by atoms with E-state index in [4.69, 9.17) is 5.11 Å². The van der Waals surface area contributed by atoms with Crippen LogP contribution in [0, 0.1) is 13.8 Å². The van der Waals surface area contributed by atoms with E-state index in [0.717, 1.165) is 20.8 Å². The summed E-state index contributed by atoms with van der Waals surface area (Å²) in [6.45, 7) is 3.69. The van der Waals surface area contributed by atoms with E-state index in [0.29, 0.717) is 10.6 Å². The van der Waals surface area contributed by atoms with Crippen molar-refractivity contribution >= 4 is 40.4 Å². The number of thioether (sulfide) groups is 1. The van der Waals surface area contributed by atoms with Crippen LogP contribution in [0.1, 0.15) is 26.1 Å². The van der Waals surface area contributed by atoms with E-state index in [-0.39, 0.29) is 0 Å². The van der Waals surface area contributed by atoms with Crippen LogP contribution >= 0.6 is 34.4 Å². The quantitative estimate of drug-likeness (QED) is 0.874. The summed E-state index contributed by atoms with van der Waals surface area (Å²) < 4.78 is 0.783. The van der Waals surface area contributed by atoms with Gasteiger partial charge >= 0.3 is 5.97 Å². The maximum absolute atomic E-state index is 10.9. The predicted octanol–water partition coefficient (Wildman–Crippen LogP) is 3.21. The summed E-state index contributed by atoms with van der Waals surface area (Å²) >= 11 is 4.37. The van der Waals surface area contributed by atoms with E-state index < -0.39 is 5.97 Å². The highest BCUT2D eigenvalue weighted by Gasteiger charge is 2.14. The number of carbonyl (C=O) groups is 1. The minimum atomic E-state index is -0.906. The smallest absolute Gasteiger partial charge is 0.347 e. The Bertz CT molecular complexity index is 547. The van der Waals surface area contributed by atoms with Crippen molar-refractivity contribution in [3.05, 3.63) is 26.7 Å². The molecule has 2 rings (SSSR count). The van der Waals surface area contributed by atoms with Crippen molar-refractivity contribution in [1.29, 1.82) is 0 Å². The van der Waals surface area contributed by atoms with Gasteiger partial charge in [-0.2, -0.15) is 0 Å². The largest absolute Gasteiger partial charge is 0.477 e. The van der Waals surface area contributed by atoms with Crippen molar-refractivity contribution in [1.82, 2.24) is 9.97 Å². The van der Waals surface area contributed by atoms with Crippen molar-refractivity contribution in [2.24, 2.45) is 0 Å². The average Bonchev–Trinajstić information content (AvgIpc) is 2.82. The van der Waals surface area contributed by atoms with E-state index in [9.17, 15) is 4.79 Å². The third-order valence-electron chi connectivity index (χ3n) is 1.98. The minimum absolute atomic E-state index is 0.321. The molecule has 90 valence electrons. The molecule has 0 aromatic carbocycles. The van der Waals surface area contributed by atoms with Crippen molar-refractivity contribution in [3.63, 3.8) is 0 Å². The van der Waals surface area contributed by atoms with Gasteiger partial charge in [0.25, 0.3) is 0 Å². The Morgan fingerprint density at radius 1 is 1.47 bits per heavy atom. The zero-order chi connectivity index (χ0) is 12.4. The maximum atomic E-state index is 10.9. The van der Waals surface area contributed by atoms with Crippen molar-refractivity contribution in [2.45, 2.75) is 23.9 Å². The molecule has 0 bridgehead atoms. The minimum Gasteiger partial charge on any atom is -0.477 e. The second-order valence-corrected chi connectivity index (χ2v) is 6.63. The fourth-order valence-corrected chi connectivity index (χ4v) is 3.88. The molecule has 0 radical (unpaired) electrons. The second kappa shape index (κ2) is 5.16. The number of aromatic nitrogens is 2. The molecular weight excluding hydrogens is 276 g/mol. The fourth-order valence-electron chi connectivity index (χ4n) is 1.24. The molecule has 2 aromatic rings. The molecule has 0 spiro atoms. The number of hydrogen-bond acceptors (Lipinski definition) is 6. The number of rotatable bonds is 4. The van der Waals surface area contributed by atoms with Crippen molar-refractivity contribution in [2.75, 3.05) is 0 Å². The van der Waals surface area contributed by atoms with Crippen molar-refractivity contribution in [3.8, 4) is 0 Å². The highest BCUT2D eigenvalue weighted by atomic mass is 32.2. The van der Waals surface area contributed by atoms with Crippen LogP contribution in [0.4, 0.5) is 0 Å². The Hall–Kier alpha value is -0.920. The molecule has 0 saturated heterocycles. The summed E-state index contributed by atoms with van der Waals surface area (Å²) in [5, 5.41) is 12.0. The van der Waals surface area contributed by atoms with Crippen LogP contribution in [-0.2, 0) is 5.75 Å². The van der Waals surface area contributed by atoms with Crippen LogP contribution < -0.4 is 0 Å². The van der Waals surface area contributed by atoms with Crippen LogP contribution in [0.25, 0.3) is 0 Å². The SMILES string of the molecule is Cc1nc(CSc2nc(C)c(C(=O)O)s2)cs1. The fraction of sp³-hybridized carbons (Fsp3) is 0.300. The van der Waals surface area contributed by atoms with Crippen molar-refractivity contribution < 1.29 is 9.90 Å². The van der Waals surface area contributed by atoms with Crippen LogP contribution in [-0.4, -0.2) is 21.0 Å². The third-order valence-corrected chi connectivity index (χ3v) is 5.13. The van der Waals surface area contributed by atoms with E-state index in [1.165, 1.54) is 23.1 Å². The molecule has 0 saturated carbocycles. The van der Waals surface area contributed by atoms with Gasteiger partial charge in [0.05, 0.1) is 16.4 Å². The number of carboxylic acid groups (broad SMARTS) is 1. The first-order chi connectivity index (χ1) is 8.06. The number of aromatic carboxylic acids is 1. The van der Waals surface area contributed by atoms with Gasteiger partial charge in [0, 0.05) is 11.1 Å². The first kappa shape index (κ1) is 12.5. The highest BCUT2D eigenvalue weighted by Crippen LogP contribution is 2.29. The number of hydrogen-bond donors (Lipinski definition) is 1. The molecule has 0 aliphatic rings. The number of thiazole rings is 2. The third kappa shape index (κ3) is 3.05. The van der Waals surface area contributed by atoms with Gasteiger partial charge in [0.1, 0.15) is 4.88 Å². The molecule has 2 aromatic heterocycles. The normalized spacial score (nSPS) is 10.7. The zero-order valence-corrected chi connectivity index (χ0v) is 11.7. The van der Waals surface area contributed by atoms with Crippen LogP contribution in [0.15, 0.2) is 9.72 Å². The Morgan fingerprint density at radius 2 is 2.24 bits per heavy atom. The first-order valence-electron chi connectivity index (χ1n) is 4.81. The van der Waals surface area contributed by atoms with Gasteiger partial charge in [-0.05, 0) is 13.8 Å². The molecule has 17 heavy (non-hydrogen) atoms. The second-order valence-electron chi connectivity index (χ2n) is 3.35. The molecule has 2 heterocycles. The molecule has 1 N–H and O–H groups in total. The zero-order valence-electron chi connectivity index (χ0n) is 9.26. The van der Waals surface area contributed by atoms with Gasteiger partial charge in [-0.1, -0.05) is 11.8 Å². The van der Waals surface area contributed by atoms with Gasteiger partial charge in [-0.25, -0.2) is 14.8 Å². The van der Waals surface area contributed by atoms with Gasteiger partial charge in [-0.3, -0.25) is 0 Å². The molecule has 0 atom stereocenters. The highest BCUT2D eigenvalue weighted by molar-refractivity contribution is 8.00. The number of nitrogens with zero attached hydrogens (tertiary/aromatic N) is 2. The Balaban J connectivity index is 2.04. The molecule has 0 unspecified atom stereocenters. The number of aryl methyl sites for hydroxylation is 2. The molecule has 4 nitrogen and oxygen atoms in total. The lowest BCUT2D eigenvalue weighted by Gasteiger charge is -1.92. The van der Waals surface area contributed by atoms with Crippen LogP contribution in [0.2, 0.25) is 0 Å². The molecule has 0 aliphatic carbocycles. The summed E-state index contributed by atoms with van der Waals surface area (Å²) in [7, 11) is 0. The lowest BCUT2D eigenvalue weighted by atomic mass is 10.4. The predicted molar refractivity (Wildman–Crippen MR) is 70.2 cm³/mol. The van der Waals surface area contributed by atoms with Crippen LogP contribution in [0.5, 0.6) is 0 Å². The number of carboxylic acids is 1. The monoisotopic (exact) mass is 286 g/mol. The summed E-state index contributed by atoms with van der Waals surface area (Å²) in [4.78, 5) is 19.8. The molecular formula is C10H10N2O2S3. The summed E-state index contributed by atoms with van der Waals surface area (Å²) in [6.07, 6.45) is 0. The van der Waals surface area contributed by atoms with E-state index in [2.05, 4.69) is 9.97 Å². The average molecular weight is 286 g/mol. The lowest BCUT2D eigenvalue weighted by molar-refractivity contribution is 0.0701. The molecule has 0 fully saturated rings. The lowest BCUT2D eigenvalue weighted by Crippen LogP contribution is -1.94. The molecule has 0 aliphatic heterocycles. The molecule has 7 heteroatoms. The first-order valence-corrected chi connectivity index (χ1v) is 7.49. The van der Waals surface area contributed by atoms with Gasteiger partial charge in [0.15, 0.2) is 4.34 Å². The van der Waals surface area contributed by atoms with Gasteiger partial charge in [0.2, 0.25) is 0 Å². The Kier molecular flexibility index (Phi) is 3.80. The van der Waals surface area contributed by atoms with E-state index in [1.54, 1.807) is 18.3 Å². The van der Waals surface area contributed by atoms with Crippen LogP contribution in [0.3, 0.4) is 0 Å².